The van der Waals surface area contributed by atoms with E-state index in [1.807, 2.05) is 0 Å². The number of aliphatic carboxylic acids is 1. The Morgan fingerprint density at radius 1 is 1.31 bits per heavy atom. The summed E-state index contributed by atoms with van der Waals surface area (Å²) in [5, 5.41) is 12.4. The fourth-order valence-electron chi connectivity index (χ4n) is 2.10. The van der Waals surface area contributed by atoms with Gasteiger partial charge in [0.15, 0.2) is 17.5 Å². The summed E-state index contributed by atoms with van der Waals surface area (Å²) in [6.45, 7) is 1.02. The van der Waals surface area contributed by atoms with Gasteiger partial charge in [-0.05, 0) is 24.6 Å². The molecule has 2 rings (SSSR count). The van der Waals surface area contributed by atoms with E-state index in [-0.39, 0.29) is 38.6 Å². The highest BCUT2D eigenvalue weighted by Gasteiger charge is 2.17. The Kier molecular flexibility index (Phi) is 6.73. The number of hydrogen-bond acceptors (Lipinski definition) is 6. The standard InChI is InChI=1S/C16H17F2N3O5/c1-10-19-14(26-20-10)8-25-9-15(22)21(5-4-16(23)24)7-11-2-3-12(17)13(18)6-11/h2-3,6H,4-5,7-9H2,1H3,(H,23,24). The zero-order valence-electron chi connectivity index (χ0n) is 13.9. The number of nitrogens with zero attached hydrogens (tertiary/aromatic N) is 3. The monoisotopic (exact) mass is 369 g/mol. The number of benzene rings is 1. The molecule has 1 aromatic carbocycles. The van der Waals surface area contributed by atoms with Crippen molar-refractivity contribution >= 4 is 11.9 Å². The Bertz CT molecular complexity index is 781. The van der Waals surface area contributed by atoms with Crippen LogP contribution in [-0.4, -0.2) is 45.2 Å². The van der Waals surface area contributed by atoms with Gasteiger partial charge in [-0.1, -0.05) is 11.2 Å². The maximum Gasteiger partial charge on any atom is 0.305 e. The van der Waals surface area contributed by atoms with Crippen LogP contribution < -0.4 is 0 Å². The number of carboxylic acids is 1. The van der Waals surface area contributed by atoms with Gasteiger partial charge in [-0.25, -0.2) is 8.78 Å². The van der Waals surface area contributed by atoms with Gasteiger partial charge in [0.05, 0.1) is 6.42 Å². The lowest BCUT2D eigenvalue weighted by molar-refractivity contribution is -0.140. The van der Waals surface area contributed by atoms with Crippen LogP contribution in [0.25, 0.3) is 0 Å². The molecule has 1 N–H and O–H groups in total. The first-order valence-corrected chi connectivity index (χ1v) is 7.65. The molecule has 10 heteroatoms. The number of aromatic nitrogens is 2. The van der Waals surface area contributed by atoms with Crippen molar-refractivity contribution in [1.82, 2.24) is 15.0 Å². The first kappa shape index (κ1) is 19.4. The summed E-state index contributed by atoms with van der Waals surface area (Å²) in [6, 6.07) is 3.22. The van der Waals surface area contributed by atoms with Crippen LogP contribution in [-0.2, 0) is 27.5 Å². The molecule has 0 saturated heterocycles. The molecule has 8 nitrogen and oxygen atoms in total. The number of carboxylic acid groups (broad SMARTS) is 1. The van der Waals surface area contributed by atoms with Crippen LogP contribution in [0.3, 0.4) is 0 Å². The zero-order valence-corrected chi connectivity index (χ0v) is 13.9. The lowest BCUT2D eigenvalue weighted by Crippen LogP contribution is -2.35. The van der Waals surface area contributed by atoms with E-state index in [4.69, 9.17) is 14.4 Å². The second-order valence-electron chi connectivity index (χ2n) is 5.44. The van der Waals surface area contributed by atoms with Crippen LogP contribution in [0.4, 0.5) is 8.78 Å². The third-order valence-corrected chi connectivity index (χ3v) is 3.33. The lowest BCUT2D eigenvalue weighted by Gasteiger charge is -2.22. The number of carbonyl (C=O) groups excluding carboxylic acids is 1. The Morgan fingerprint density at radius 2 is 2.08 bits per heavy atom. The van der Waals surface area contributed by atoms with E-state index in [0.717, 1.165) is 12.1 Å². The summed E-state index contributed by atoms with van der Waals surface area (Å²) in [5.41, 5.74) is 0.329. The van der Waals surface area contributed by atoms with Gasteiger partial charge in [0, 0.05) is 13.1 Å². The summed E-state index contributed by atoms with van der Waals surface area (Å²) < 4.78 is 36.4. The normalized spacial score (nSPS) is 10.7. The summed E-state index contributed by atoms with van der Waals surface area (Å²) in [7, 11) is 0. The molecule has 140 valence electrons. The Labute approximate surface area is 147 Å². The number of halogens is 2. The maximum absolute atomic E-state index is 13.3. The van der Waals surface area contributed by atoms with E-state index in [2.05, 4.69) is 10.1 Å². The first-order valence-electron chi connectivity index (χ1n) is 7.65. The number of rotatable bonds is 9. The van der Waals surface area contributed by atoms with E-state index < -0.39 is 23.5 Å². The van der Waals surface area contributed by atoms with Crippen LogP contribution in [0.1, 0.15) is 23.7 Å². The summed E-state index contributed by atoms with van der Waals surface area (Å²) in [6.07, 6.45) is -0.293. The largest absolute Gasteiger partial charge is 0.481 e. The highest BCUT2D eigenvalue weighted by molar-refractivity contribution is 5.78. The molecule has 0 atom stereocenters. The van der Waals surface area contributed by atoms with Crippen molar-refractivity contribution in [1.29, 1.82) is 0 Å². The summed E-state index contributed by atoms with van der Waals surface area (Å²) in [4.78, 5) is 28.2. The third kappa shape index (κ3) is 5.88. The van der Waals surface area contributed by atoms with Gasteiger partial charge in [0.1, 0.15) is 13.2 Å². The maximum atomic E-state index is 13.3. The minimum absolute atomic E-state index is 0.0770. The fraction of sp³-hybridized carbons (Fsp3) is 0.375. The minimum Gasteiger partial charge on any atom is -0.481 e. The lowest BCUT2D eigenvalue weighted by atomic mass is 10.2. The van der Waals surface area contributed by atoms with E-state index in [1.165, 1.54) is 11.0 Å². The molecule has 2 aromatic rings. The molecule has 26 heavy (non-hydrogen) atoms. The van der Waals surface area contributed by atoms with Gasteiger partial charge in [-0.3, -0.25) is 9.59 Å². The van der Waals surface area contributed by atoms with Crippen LogP contribution in [0.15, 0.2) is 22.7 Å². The second kappa shape index (κ2) is 8.99. The number of carbonyl (C=O) groups is 2. The van der Waals surface area contributed by atoms with Crippen LogP contribution in [0.2, 0.25) is 0 Å². The van der Waals surface area contributed by atoms with Crippen molar-refractivity contribution in [3.8, 4) is 0 Å². The predicted molar refractivity (Wildman–Crippen MR) is 82.7 cm³/mol. The number of aryl methyl sites for hydroxylation is 1. The predicted octanol–water partition coefficient (Wildman–Crippen LogP) is 1.68. The van der Waals surface area contributed by atoms with Crippen LogP contribution in [0.5, 0.6) is 0 Å². The van der Waals surface area contributed by atoms with Crippen LogP contribution >= 0.6 is 0 Å². The summed E-state index contributed by atoms with van der Waals surface area (Å²) in [5.74, 6) is -3.02. The Balaban J connectivity index is 1.96. The van der Waals surface area contributed by atoms with Crippen molar-refractivity contribution in [3.63, 3.8) is 0 Å². The SMILES string of the molecule is Cc1noc(COCC(=O)N(CCC(=O)O)Cc2ccc(F)c(F)c2)n1. The molecule has 0 aliphatic carbocycles. The molecule has 0 spiro atoms. The van der Waals surface area contributed by atoms with Gasteiger partial charge in [-0.2, -0.15) is 4.98 Å². The van der Waals surface area contributed by atoms with Crippen molar-refractivity contribution in [2.75, 3.05) is 13.2 Å². The minimum atomic E-state index is -1.09. The molecule has 0 aliphatic rings. The number of hydrogen-bond donors (Lipinski definition) is 1. The Hall–Kier alpha value is -2.88. The molecule has 1 amide bonds. The van der Waals surface area contributed by atoms with Crippen LogP contribution in [0, 0.1) is 18.6 Å². The summed E-state index contributed by atoms with van der Waals surface area (Å²) >= 11 is 0. The van der Waals surface area contributed by atoms with Gasteiger partial charge in [0.25, 0.3) is 5.89 Å². The molecular weight excluding hydrogens is 352 g/mol. The average molecular weight is 369 g/mol. The van der Waals surface area contributed by atoms with E-state index in [1.54, 1.807) is 6.92 Å². The molecule has 0 radical (unpaired) electrons. The van der Waals surface area contributed by atoms with E-state index in [0.29, 0.717) is 11.4 Å². The van der Waals surface area contributed by atoms with Gasteiger partial charge in [0.2, 0.25) is 5.91 Å². The third-order valence-electron chi connectivity index (χ3n) is 3.33. The van der Waals surface area contributed by atoms with Crippen molar-refractivity contribution in [2.24, 2.45) is 0 Å². The highest BCUT2D eigenvalue weighted by atomic mass is 19.2. The van der Waals surface area contributed by atoms with E-state index in [9.17, 15) is 18.4 Å². The average Bonchev–Trinajstić information content (AvgIpc) is 2.99. The topological polar surface area (TPSA) is 106 Å². The number of ether oxygens (including phenoxy) is 1. The Morgan fingerprint density at radius 3 is 2.69 bits per heavy atom. The second-order valence-corrected chi connectivity index (χ2v) is 5.44. The molecule has 1 aromatic heterocycles. The molecule has 0 unspecified atom stereocenters. The first-order chi connectivity index (χ1) is 12.3. The smallest absolute Gasteiger partial charge is 0.305 e. The molecule has 0 fully saturated rings. The van der Waals surface area contributed by atoms with E-state index >= 15 is 0 Å². The highest BCUT2D eigenvalue weighted by Crippen LogP contribution is 2.12. The molecular formula is C16H17F2N3O5. The molecule has 1 heterocycles. The van der Waals surface area contributed by atoms with Crippen molar-refractivity contribution < 1.29 is 32.7 Å². The van der Waals surface area contributed by atoms with Crippen molar-refractivity contribution in [2.45, 2.75) is 26.5 Å². The van der Waals surface area contributed by atoms with Crippen molar-refractivity contribution in [3.05, 3.63) is 47.1 Å². The molecule has 0 aliphatic heterocycles. The van der Waals surface area contributed by atoms with Gasteiger partial charge in [-0.15, -0.1) is 0 Å². The quantitative estimate of drug-likeness (QED) is 0.717. The zero-order chi connectivity index (χ0) is 19.1. The molecule has 0 bridgehead atoms. The fourth-order valence-corrected chi connectivity index (χ4v) is 2.10. The molecule has 0 saturated carbocycles. The number of amides is 1. The van der Waals surface area contributed by atoms with Gasteiger partial charge >= 0.3 is 5.97 Å². The van der Waals surface area contributed by atoms with Gasteiger partial charge < -0.3 is 19.3 Å².